The van der Waals surface area contributed by atoms with E-state index in [0.29, 0.717) is 6.54 Å². The third-order valence-corrected chi connectivity index (χ3v) is 2.37. The lowest BCUT2D eigenvalue weighted by molar-refractivity contribution is -0.116. The number of amides is 1. The molecule has 0 radical (unpaired) electrons. The molecule has 2 aromatic carbocycles. The summed E-state index contributed by atoms with van der Waals surface area (Å²) in [5.74, 6) is -0.604. The number of fused-ring (bicyclic) bond motifs is 1. The second-order valence-corrected chi connectivity index (χ2v) is 3.48. The van der Waals surface area contributed by atoms with E-state index in [2.05, 4.69) is 5.32 Å². The first-order valence-electron chi connectivity index (χ1n) is 4.95. The van der Waals surface area contributed by atoms with Gasteiger partial charge in [0.15, 0.2) is 6.07 Å². The number of hydrogen-bond acceptors (Lipinski definition) is 2. The molecule has 0 saturated carbocycles. The molecule has 3 heteroatoms. The second-order valence-electron chi connectivity index (χ2n) is 3.48. The Hall–Kier alpha value is -2.34. The summed E-state index contributed by atoms with van der Waals surface area (Å²) in [5.41, 5.74) is 0.988. The van der Waals surface area contributed by atoms with Gasteiger partial charge < -0.3 is 5.32 Å². The van der Waals surface area contributed by atoms with Crippen LogP contribution in [0.5, 0.6) is 0 Å². The minimum Gasteiger partial charge on any atom is -0.339 e. The maximum Gasteiger partial charge on any atom is 0.322 e. The van der Waals surface area contributed by atoms with Crippen molar-refractivity contribution in [2.24, 2.45) is 0 Å². The standard InChI is InChI=1S/C13H10N2O/c14-8-13(16)15-9-10-5-6-11-3-1-2-4-12(11)7-10/h1-7H,9H2,(H,15,16). The van der Waals surface area contributed by atoms with Crippen LogP contribution in [-0.2, 0) is 11.3 Å². The van der Waals surface area contributed by atoms with Gasteiger partial charge in [0.2, 0.25) is 0 Å². The summed E-state index contributed by atoms with van der Waals surface area (Å²) in [7, 11) is 0. The van der Waals surface area contributed by atoms with E-state index in [1.165, 1.54) is 6.07 Å². The number of rotatable bonds is 2. The van der Waals surface area contributed by atoms with E-state index in [9.17, 15) is 4.79 Å². The van der Waals surface area contributed by atoms with Crippen LogP contribution < -0.4 is 5.32 Å². The Bertz CT molecular complexity index is 569. The molecular weight excluding hydrogens is 200 g/mol. The maximum atomic E-state index is 10.8. The highest BCUT2D eigenvalue weighted by Gasteiger charge is 1.99. The topological polar surface area (TPSA) is 52.9 Å². The van der Waals surface area contributed by atoms with Gasteiger partial charge in [0, 0.05) is 6.54 Å². The van der Waals surface area contributed by atoms with Gasteiger partial charge in [-0.3, -0.25) is 4.79 Å². The molecule has 16 heavy (non-hydrogen) atoms. The van der Waals surface area contributed by atoms with Crippen LogP contribution in [0.15, 0.2) is 42.5 Å². The van der Waals surface area contributed by atoms with E-state index < -0.39 is 5.91 Å². The molecule has 0 aromatic heterocycles. The number of carbonyl (C=O) groups excluding carboxylic acids is 1. The summed E-state index contributed by atoms with van der Waals surface area (Å²) >= 11 is 0. The molecule has 0 saturated heterocycles. The minimum atomic E-state index is -0.604. The molecule has 0 atom stereocenters. The summed E-state index contributed by atoms with van der Waals surface area (Å²) < 4.78 is 0. The quantitative estimate of drug-likeness (QED) is 0.770. The minimum absolute atomic E-state index is 0.386. The van der Waals surface area contributed by atoms with Crippen molar-refractivity contribution in [2.45, 2.75) is 6.54 Å². The molecule has 2 aromatic rings. The van der Waals surface area contributed by atoms with Crippen molar-refractivity contribution in [3.05, 3.63) is 48.0 Å². The molecule has 0 bridgehead atoms. The summed E-state index contributed by atoms with van der Waals surface area (Å²) in [6, 6.07) is 15.5. The van der Waals surface area contributed by atoms with Gasteiger partial charge >= 0.3 is 5.91 Å². The van der Waals surface area contributed by atoms with E-state index in [4.69, 9.17) is 5.26 Å². The molecular formula is C13H10N2O. The summed E-state index contributed by atoms with van der Waals surface area (Å²) in [4.78, 5) is 10.8. The summed E-state index contributed by atoms with van der Waals surface area (Å²) in [6.45, 7) is 0.386. The molecule has 0 aliphatic carbocycles. The van der Waals surface area contributed by atoms with Crippen molar-refractivity contribution in [2.75, 3.05) is 0 Å². The molecule has 3 nitrogen and oxygen atoms in total. The first-order chi connectivity index (χ1) is 7.79. The predicted molar refractivity (Wildman–Crippen MR) is 61.4 cm³/mol. The predicted octanol–water partition coefficient (Wildman–Crippen LogP) is 1.98. The van der Waals surface area contributed by atoms with Crippen LogP contribution in [0.4, 0.5) is 0 Å². The molecule has 0 fully saturated rings. The molecule has 78 valence electrons. The highest BCUT2D eigenvalue weighted by atomic mass is 16.1. The lowest BCUT2D eigenvalue weighted by Gasteiger charge is -2.03. The Morgan fingerprint density at radius 2 is 1.94 bits per heavy atom. The van der Waals surface area contributed by atoms with Crippen molar-refractivity contribution in [1.82, 2.24) is 5.32 Å². The zero-order chi connectivity index (χ0) is 11.4. The maximum absolute atomic E-state index is 10.8. The third kappa shape index (κ3) is 2.18. The van der Waals surface area contributed by atoms with E-state index in [-0.39, 0.29) is 0 Å². The zero-order valence-corrected chi connectivity index (χ0v) is 8.60. The number of nitriles is 1. The van der Waals surface area contributed by atoms with E-state index in [1.54, 1.807) is 0 Å². The normalized spacial score (nSPS) is 9.69. The zero-order valence-electron chi connectivity index (χ0n) is 8.60. The summed E-state index contributed by atoms with van der Waals surface area (Å²) in [5, 5.41) is 13.1. The lowest BCUT2D eigenvalue weighted by atomic mass is 10.1. The van der Waals surface area contributed by atoms with Gasteiger partial charge in [0.05, 0.1) is 0 Å². The van der Waals surface area contributed by atoms with Crippen molar-refractivity contribution in [3.8, 4) is 6.07 Å². The van der Waals surface area contributed by atoms with E-state index >= 15 is 0 Å². The highest BCUT2D eigenvalue weighted by Crippen LogP contribution is 2.15. The average molecular weight is 210 g/mol. The molecule has 1 N–H and O–H groups in total. The first kappa shape index (κ1) is 10.2. The first-order valence-corrected chi connectivity index (χ1v) is 4.95. The molecule has 2 rings (SSSR count). The number of benzene rings is 2. The Morgan fingerprint density at radius 1 is 1.19 bits per heavy atom. The Morgan fingerprint density at radius 3 is 2.69 bits per heavy atom. The summed E-state index contributed by atoms with van der Waals surface area (Å²) in [6.07, 6.45) is 0. The molecule has 0 unspecified atom stereocenters. The fraction of sp³-hybridized carbons (Fsp3) is 0.0769. The van der Waals surface area contributed by atoms with Gasteiger partial charge in [0.1, 0.15) is 0 Å². The lowest BCUT2D eigenvalue weighted by Crippen LogP contribution is -2.20. The van der Waals surface area contributed by atoms with Crippen molar-refractivity contribution < 1.29 is 4.79 Å². The Balaban J connectivity index is 2.20. The van der Waals surface area contributed by atoms with Crippen LogP contribution in [-0.4, -0.2) is 5.91 Å². The molecule has 0 aliphatic rings. The second kappa shape index (κ2) is 4.45. The number of nitrogens with one attached hydrogen (secondary N) is 1. The van der Waals surface area contributed by atoms with Crippen molar-refractivity contribution in [1.29, 1.82) is 5.26 Å². The monoisotopic (exact) mass is 210 g/mol. The third-order valence-electron chi connectivity index (χ3n) is 2.37. The van der Waals surface area contributed by atoms with Crippen LogP contribution >= 0.6 is 0 Å². The number of carbonyl (C=O) groups is 1. The van der Waals surface area contributed by atoms with E-state index in [0.717, 1.165) is 16.3 Å². The number of hydrogen-bond donors (Lipinski definition) is 1. The van der Waals surface area contributed by atoms with Gasteiger partial charge in [-0.05, 0) is 22.4 Å². The molecule has 1 amide bonds. The van der Waals surface area contributed by atoms with Crippen LogP contribution in [0.2, 0.25) is 0 Å². The van der Waals surface area contributed by atoms with Crippen LogP contribution in [0.1, 0.15) is 5.56 Å². The van der Waals surface area contributed by atoms with E-state index in [1.807, 2.05) is 42.5 Å². The van der Waals surface area contributed by atoms with Gasteiger partial charge in [-0.15, -0.1) is 0 Å². The highest BCUT2D eigenvalue weighted by molar-refractivity contribution is 5.91. The SMILES string of the molecule is N#CC(=O)NCc1ccc2ccccc2c1. The van der Waals surface area contributed by atoms with Crippen LogP contribution in [0.3, 0.4) is 0 Å². The fourth-order valence-electron chi connectivity index (χ4n) is 1.57. The number of nitrogens with zero attached hydrogens (tertiary/aromatic N) is 1. The van der Waals surface area contributed by atoms with Gasteiger partial charge in [-0.2, -0.15) is 5.26 Å². The average Bonchev–Trinajstić information content (AvgIpc) is 2.35. The van der Waals surface area contributed by atoms with Crippen molar-refractivity contribution in [3.63, 3.8) is 0 Å². The fourth-order valence-corrected chi connectivity index (χ4v) is 1.57. The van der Waals surface area contributed by atoms with Crippen LogP contribution in [0, 0.1) is 11.3 Å². The Kier molecular flexibility index (Phi) is 2.84. The smallest absolute Gasteiger partial charge is 0.322 e. The van der Waals surface area contributed by atoms with Gasteiger partial charge in [-0.25, -0.2) is 0 Å². The molecule has 0 aliphatic heterocycles. The Labute approximate surface area is 93.3 Å². The van der Waals surface area contributed by atoms with Gasteiger partial charge in [-0.1, -0.05) is 36.4 Å². The molecule has 0 spiro atoms. The molecule has 0 heterocycles. The van der Waals surface area contributed by atoms with Gasteiger partial charge in [0.25, 0.3) is 0 Å². The largest absolute Gasteiger partial charge is 0.339 e. The van der Waals surface area contributed by atoms with Crippen molar-refractivity contribution >= 4 is 16.7 Å². The van der Waals surface area contributed by atoms with Crippen LogP contribution in [0.25, 0.3) is 10.8 Å².